The Bertz CT molecular complexity index is 768. The van der Waals surface area contributed by atoms with Crippen LogP contribution in [0.4, 0.5) is 0 Å². The molecule has 5 nitrogen and oxygen atoms in total. The first-order chi connectivity index (χ1) is 15.2. The number of hydrogen-bond donors (Lipinski definition) is 1. The lowest BCUT2D eigenvalue weighted by atomic mass is 9.91. The van der Waals surface area contributed by atoms with Gasteiger partial charge in [-0.15, -0.1) is 0 Å². The predicted octanol–water partition coefficient (Wildman–Crippen LogP) is 3.90. The van der Waals surface area contributed by atoms with Crippen LogP contribution in [0.1, 0.15) is 63.4 Å². The van der Waals surface area contributed by atoms with Gasteiger partial charge >= 0.3 is 0 Å². The molecule has 2 fully saturated rings. The summed E-state index contributed by atoms with van der Waals surface area (Å²) in [5, 5.41) is 3.25. The molecule has 3 aliphatic rings. The van der Waals surface area contributed by atoms with Gasteiger partial charge in [-0.2, -0.15) is 0 Å². The monoisotopic (exact) mass is 423 g/mol. The van der Waals surface area contributed by atoms with Crippen LogP contribution in [0.5, 0.6) is 0 Å². The minimum atomic E-state index is 0.192. The van der Waals surface area contributed by atoms with E-state index in [1.165, 1.54) is 12.0 Å². The first-order valence-electron chi connectivity index (χ1n) is 12.2. The number of benzene rings is 1. The van der Waals surface area contributed by atoms with Crippen molar-refractivity contribution in [3.05, 3.63) is 47.5 Å². The van der Waals surface area contributed by atoms with E-state index in [2.05, 4.69) is 40.6 Å². The zero-order valence-electron chi connectivity index (χ0n) is 18.7. The number of hydrogen-bond acceptors (Lipinski definition) is 3. The van der Waals surface area contributed by atoms with Gasteiger partial charge < -0.3 is 10.2 Å². The maximum absolute atomic E-state index is 12.7. The molecule has 2 saturated heterocycles. The largest absolute Gasteiger partial charge is 0.352 e. The van der Waals surface area contributed by atoms with Crippen LogP contribution in [-0.2, 0) is 16.1 Å². The van der Waals surface area contributed by atoms with Gasteiger partial charge in [0.05, 0.1) is 0 Å². The highest BCUT2D eigenvalue weighted by molar-refractivity contribution is 5.93. The van der Waals surface area contributed by atoms with E-state index in [0.29, 0.717) is 12.3 Å². The average Bonchev–Trinajstić information content (AvgIpc) is 3.25. The predicted molar refractivity (Wildman–Crippen MR) is 123 cm³/mol. The van der Waals surface area contributed by atoms with Crippen LogP contribution in [0.15, 0.2) is 42.0 Å². The number of allylic oxidation sites excluding steroid dienone is 1. The minimum Gasteiger partial charge on any atom is -0.352 e. The number of nitrogens with one attached hydrogen (secondary N) is 1. The van der Waals surface area contributed by atoms with Gasteiger partial charge in [-0.25, -0.2) is 0 Å². The maximum atomic E-state index is 12.7. The summed E-state index contributed by atoms with van der Waals surface area (Å²) < 4.78 is 0. The van der Waals surface area contributed by atoms with E-state index < -0.39 is 0 Å². The molecule has 1 aliphatic carbocycles. The molecule has 1 aromatic rings. The molecule has 0 saturated carbocycles. The highest BCUT2D eigenvalue weighted by Gasteiger charge is 2.27. The summed E-state index contributed by atoms with van der Waals surface area (Å²) in [6.07, 6.45) is 11.2. The van der Waals surface area contributed by atoms with Crippen molar-refractivity contribution in [1.82, 2.24) is 15.1 Å². The summed E-state index contributed by atoms with van der Waals surface area (Å²) >= 11 is 0. The van der Waals surface area contributed by atoms with Crippen LogP contribution < -0.4 is 5.32 Å². The third-order valence-corrected chi connectivity index (χ3v) is 7.13. The van der Waals surface area contributed by atoms with Gasteiger partial charge in [-0.1, -0.05) is 36.4 Å². The van der Waals surface area contributed by atoms with Crippen molar-refractivity contribution >= 4 is 11.8 Å². The number of carbonyl (C=O) groups excluding carboxylic acids is 2. The van der Waals surface area contributed by atoms with Gasteiger partial charge in [0.1, 0.15) is 0 Å². The fraction of sp³-hybridized carbons (Fsp3) is 0.615. The SMILES string of the molecule is O=C(CCC1CCN(C(=O)C2=CCCCC2)CC1)NC1CCN(Cc2ccccc2)C1. The van der Waals surface area contributed by atoms with Gasteiger partial charge in [0.2, 0.25) is 11.8 Å². The van der Waals surface area contributed by atoms with Gasteiger partial charge in [-0.3, -0.25) is 14.5 Å². The molecule has 2 amide bonds. The van der Waals surface area contributed by atoms with Crippen LogP contribution in [0, 0.1) is 5.92 Å². The molecule has 168 valence electrons. The summed E-state index contributed by atoms with van der Waals surface area (Å²) in [6.45, 7) is 4.64. The van der Waals surface area contributed by atoms with Gasteiger partial charge in [-0.05, 0) is 62.8 Å². The normalized spacial score (nSPS) is 22.9. The second-order valence-corrected chi connectivity index (χ2v) is 9.52. The highest BCUT2D eigenvalue weighted by atomic mass is 16.2. The lowest BCUT2D eigenvalue weighted by Crippen LogP contribution is -2.40. The van der Waals surface area contributed by atoms with Crippen molar-refractivity contribution < 1.29 is 9.59 Å². The Morgan fingerprint density at radius 3 is 2.55 bits per heavy atom. The molecule has 2 heterocycles. The number of carbonyl (C=O) groups is 2. The minimum absolute atomic E-state index is 0.192. The fourth-order valence-electron chi connectivity index (χ4n) is 5.23. The third kappa shape index (κ3) is 6.42. The standard InChI is InChI=1S/C26H37N3O2/c30-25(27-24-15-16-28(20-24)19-22-7-3-1-4-8-22)12-11-21-13-17-29(18-14-21)26(31)23-9-5-2-6-10-23/h1,3-4,7-9,21,24H,2,5-6,10-20H2,(H,27,30). The molecule has 0 radical (unpaired) electrons. The van der Waals surface area contributed by atoms with E-state index in [-0.39, 0.29) is 17.9 Å². The lowest BCUT2D eigenvalue weighted by Gasteiger charge is -2.33. The van der Waals surface area contributed by atoms with Crippen LogP contribution in [0.3, 0.4) is 0 Å². The second-order valence-electron chi connectivity index (χ2n) is 9.52. The van der Waals surface area contributed by atoms with Gasteiger partial charge in [0.15, 0.2) is 0 Å². The zero-order chi connectivity index (χ0) is 21.5. The van der Waals surface area contributed by atoms with E-state index in [9.17, 15) is 9.59 Å². The van der Waals surface area contributed by atoms with Crippen LogP contribution in [0.25, 0.3) is 0 Å². The van der Waals surface area contributed by atoms with E-state index in [0.717, 1.165) is 83.2 Å². The number of nitrogens with zero attached hydrogens (tertiary/aromatic N) is 2. The van der Waals surface area contributed by atoms with Crippen LogP contribution in [-0.4, -0.2) is 53.8 Å². The topological polar surface area (TPSA) is 52.7 Å². The summed E-state index contributed by atoms with van der Waals surface area (Å²) in [5.74, 6) is 1.02. The molecular weight excluding hydrogens is 386 g/mol. The first-order valence-corrected chi connectivity index (χ1v) is 12.2. The first kappa shape index (κ1) is 22.1. The van der Waals surface area contributed by atoms with Crippen LogP contribution in [0.2, 0.25) is 0 Å². The van der Waals surface area contributed by atoms with E-state index in [4.69, 9.17) is 0 Å². The number of amides is 2. The molecule has 1 unspecified atom stereocenters. The molecular formula is C26H37N3O2. The smallest absolute Gasteiger partial charge is 0.249 e. The summed E-state index contributed by atoms with van der Waals surface area (Å²) in [6, 6.07) is 10.8. The van der Waals surface area contributed by atoms with Gasteiger partial charge in [0.25, 0.3) is 0 Å². The Balaban J connectivity index is 1.12. The molecule has 31 heavy (non-hydrogen) atoms. The molecule has 1 aromatic carbocycles. The van der Waals surface area contributed by atoms with Crippen molar-refractivity contribution in [3.63, 3.8) is 0 Å². The van der Waals surface area contributed by atoms with Crippen molar-refractivity contribution in [2.45, 2.75) is 70.4 Å². The second kappa shape index (κ2) is 10.9. The molecule has 5 heteroatoms. The molecule has 0 spiro atoms. The fourth-order valence-corrected chi connectivity index (χ4v) is 5.23. The van der Waals surface area contributed by atoms with Crippen molar-refractivity contribution in [1.29, 1.82) is 0 Å². The zero-order valence-corrected chi connectivity index (χ0v) is 18.7. The van der Waals surface area contributed by atoms with Crippen molar-refractivity contribution in [2.75, 3.05) is 26.2 Å². The Morgan fingerprint density at radius 1 is 1.00 bits per heavy atom. The number of likely N-dealkylation sites (tertiary alicyclic amines) is 2. The average molecular weight is 424 g/mol. The molecule has 2 aliphatic heterocycles. The van der Waals surface area contributed by atoms with E-state index in [1.54, 1.807) is 0 Å². The summed E-state index contributed by atoms with van der Waals surface area (Å²) in [4.78, 5) is 29.6. The van der Waals surface area contributed by atoms with E-state index in [1.807, 2.05) is 11.0 Å². The lowest BCUT2D eigenvalue weighted by molar-refractivity contribution is -0.129. The Morgan fingerprint density at radius 2 is 1.81 bits per heavy atom. The number of rotatable bonds is 7. The highest BCUT2D eigenvalue weighted by Crippen LogP contribution is 2.25. The Labute approximate surface area is 186 Å². The Kier molecular flexibility index (Phi) is 7.79. The molecule has 1 atom stereocenters. The van der Waals surface area contributed by atoms with Crippen molar-refractivity contribution in [2.24, 2.45) is 5.92 Å². The van der Waals surface area contributed by atoms with Crippen LogP contribution >= 0.6 is 0 Å². The summed E-state index contributed by atoms with van der Waals surface area (Å²) in [5.41, 5.74) is 2.36. The number of piperidine rings is 1. The third-order valence-electron chi connectivity index (χ3n) is 7.13. The summed E-state index contributed by atoms with van der Waals surface area (Å²) in [7, 11) is 0. The molecule has 0 bridgehead atoms. The molecule has 4 rings (SSSR count). The Hall–Kier alpha value is -2.14. The maximum Gasteiger partial charge on any atom is 0.249 e. The quantitative estimate of drug-likeness (QED) is 0.724. The molecule has 1 N–H and O–H groups in total. The molecule has 0 aromatic heterocycles. The van der Waals surface area contributed by atoms with E-state index >= 15 is 0 Å². The van der Waals surface area contributed by atoms with Gasteiger partial charge in [0, 0.05) is 50.8 Å². The van der Waals surface area contributed by atoms with Crippen molar-refractivity contribution in [3.8, 4) is 0 Å².